The SMILES string of the molecule is O=C(COc1ccc(F)cc1)NCc1nc(-c2ccncc2)no1. The van der Waals surface area contributed by atoms with Gasteiger partial charge in [0, 0.05) is 18.0 Å². The predicted octanol–water partition coefficient (Wildman–Crippen LogP) is 1.97. The maximum Gasteiger partial charge on any atom is 0.258 e. The summed E-state index contributed by atoms with van der Waals surface area (Å²) in [5.74, 6) is 0.377. The molecule has 1 amide bonds. The fourth-order valence-electron chi connectivity index (χ4n) is 1.85. The van der Waals surface area contributed by atoms with Crippen molar-refractivity contribution in [2.24, 2.45) is 0 Å². The second kappa shape index (κ2) is 7.32. The third-order valence-electron chi connectivity index (χ3n) is 3.03. The van der Waals surface area contributed by atoms with E-state index in [4.69, 9.17) is 9.26 Å². The third kappa shape index (κ3) is 4.13. The van der Waals surface area contributed by atoms with Gasteiger partial charge in [0.05, 0.1) is 6.54 Å². The molecule has 0 unspecified atom stereocenters. The number of nitrogens with zero attached hydrogens (tertiary/aromatic N) is 3. The van der Waals surface area contributed by atoms with E-state index in [0.29, 0.717) is 11.6 Å². The first-order valence-electron chi connectivity index (χ1n) is 7.09. The van der Waals surface area contributed by atoms with Crippen LogP contribution in [0.15, 0.2) is 53.3 Å². The minimum Gasteiger partial charge on any atom is -0.484 e. The van der Waals surface area contributed by atoms with Gasteiger partial charge in [0.25, 0.3) is 5.91 Å². The van der Waals surface area contributed by atoms with Gasteiger partial charge in [-0.15, -0.1) is 0 Å². The first-order chi connectivity index (χ1) is 11.7. The number of hydrogen-bond donors (Lipinski definition) is 1. The molecule has 8 heteroatoms. The van der Waals surface area contributed by atoms with Crippen molar-refractivity contribution in [3.63, 3.8) is 0 Å². The number of halogens is 1. The smallest absolute Gasteiger partial charge is 0.258 e. The van der Waals surface area contributed by atoms with Crippen LogP contribution in [0.3, 0.4) is 0 Å². The minimum absolute atomic E-state index is 0.0870. The highest BCUT2D eigenvalue weighted by molar-refractivity contribution is 5.77. The number of carbonyl (C=O) groups is 1. The molecule has 0 aliphatic rings. The Hall–Kier alpha value is -3.29. The van der Waals surface area contributed by atoms with E-state index in [-0.39, 0.29) is 30.8 Å². The maximum absolute atomic E-state index is 12.8. The van der Waals surface area contributed by atoms with E-state index >= 15 is 0 Å². The van der Waals surface area contributed by atoms with Crippen LogP contribution < -0.4 is 10.1 Å². The van der Waals surface area contributed by atoms with Crippen molar-refractivity contribution >= 4 is 5.91 Å². The summed E-state index contributed by atoms with van der Waals surface area (Å²) in [6.45, 7) is -0.110. The number of nitrogens with one attached hydrogen (secondary N) is 1. The molecule has 0 spiro atoms. The van der Waals surface area contributed by atoms with Crippen LogP contribution >= 0.6 is 0 Å². The molecule has 3 aromatic rings. The Kier molecular flexibility index (Phi) is 4.76. The average Bonchev–Trinajstić information content (AvgIpc) is 3.09. The van der Waals surface area contributed by atoms with Gasteiger partial charge in [-0.25, -0.2) is 4.39 Å². The molecule has 24 heavy (non-hydrogen) atoms. The highest BCUT2D eigenvalue weighted by atomic mass is 19.1. The van der Waals surface area contributed by atoms with E-state index in [1.54, 1.807) is 24.5 Å². The number of amides is 1. The molecule has 0 radical (unpaired) electrons. The zero-order valence-electron chi connectivity index (χ0n) is 12.5. The largest absolute Gasteiger partial charge is 0.484 e. The third-order valence-corrected chi connectivity index (χ3v) is 3.03. The Balaban J connectivity index is 1.48. The fraction of sp³-hybridized carbons (Fsp3) is 0.125. The van der Waals surface area contributed by atoms with Crippen molar-refractivity contribution in [3.8, 4) is 17.1 Å². The van der Waals surface area contributed by atoms with Gasteiger partial charge in [0.15, 0.2) is 6.61 Å². The van der Waals surface area contributed by atoms with Crippen molar-refractivity contribution in [2.45, 2.75) is 6.54 Å². The first-order valence-corrected chi connectivity index (χ1v) is 7.09. The molecule has 1 N–H and O–H groups in total. The lowest BCUT2D eigenvalue weighted by atomic mass is 10.2. The molecule has 0 aliphatic heterocycles. The molecule has 3 rings (SSSR count). The zero-order valence-corrected chi connectivity index (χ0v) is 12.5. The first kappa shape index (κ1) is 15.6. The molecule has 122 valence electrons. The van der Waals surface area contributed by atoms with Gasteiger partial charge in [-0.05, 0) is 36.4 Å². The number of aromatic nitrogens is 3. The summed E-state index contributed by atoms with van der Waals surface area (Å²) in [7, 11) is 0. The number of ether oxygens (including phenoxy) is 1. The average molecular weight is 328 g/mol. The van der Waals surface area contributed by atoms with Crippen LogP contribution in [-0.4, -0.2) is 27.6 Å². The lowest BCUT2D eigenvalue weighted by Gasteiger charge is -2.05. The molecule has 0 saturated carbocycles. The maximum atomic E-state index is 12.8. The normalized spacial score (nSPS) is 10.4. The second-order valence-corrected chi connectivity index (χ2v) is 4.77. The van der Waals surface area contributed by atoms with Gasteiger partial charge in [-0.3, -0.25) is 9.78 Å². The molecule has 2 heterocycles. The Morgan fingerprint density at radius 3 is 2.67 bits per heavy atom. The standard InChI is InChI=1S/C16H13FN4O3/c17-12-1-3-13(4-2-12)23-10-14(22)19-9-15-20-16(21-24-15)11-5-7-18-8-6-11/h1-8H,9-10H2,(H,19,22). The number of rotatable bonds is 6. The van der Waals surface area contributed by atoms with Gasteiger partial charge >= 0.3 is 0 Å². The summed E-state index contributed by atoms with van der Waals surface area (Å²) in [6.07, 6.45) is 3.25. The molecule has 0 saturated heterocycles. The molecule has 0 aliphatic carbocycles. The minimum atomic E-state index is -0.367. The van der Waals surface area contributed by atoms with Crippen LogP contribution in [0.1, 0.15) is 5.89 Å². The molecular weight excluding hydrogens is 315 g/mol. The van der Waals surface area contributed by atoms with Crippen LogP contribution in [0, 0.1) is 5.82 Å². The molecule has 0 bridgehead atoms. The summed E-state index contributed by atoms with van der Waals surface area (Å²) in [5, 5.41) is 6.43. The number of pyridine rings is 1. The van der Waals surface area contributed by atoms with Crippen LogP contribution in [0.5, 0.6) is 5.75 Å². The summed E-state index contributed by atoms with van der Waals surface area (Å²) in [5.41, 5.74) is 0.769. The Morgan fingerprint density at radius 2 is 1.92 bits per heavy atom. The van der Waals surface area contributed by atoms with Crippen molar-refractivity contribution in [1.82, 2.24) is 20.4 Å². The van der Waals surface area contributed by atoms with Crippen molar-refractivity contribution in [3.05, 3.63) is 60.5 Å². The number of carbonyl (C=O) groups excluding carboxylic acids is 1. The molecule has 2 aromatic heterocycles. The van der Waals surface area contributed by atoms with E-state index in [1.165, 1.54) is 24.3 Å². The van der Waals surface area contributed by atoms with Gasteiger partial charge in [0.1, 0.15) is 11.6 Å². The molecule has 0 atom stereocenters. The van der Waals surface area contributed by atoms with Crippen LogP contribution in [0.25, 0.3) is 11.4 Å². The van der Waals surface area contributed by atoms with E-state index in [0.717, 1.165) is 5.56 Å². The van der Waals surface area contributed by atoms with Gasteiger partial charge < -0.3 is 14.6 Å². The van der Waals surface area contributed by atoms with Crippen molar-refractivity contribution < 1.29 is 18.4 Å². The summed E-state index contributed by atoms with van der Waals surface area (Å²) < 4.78 is 23.1. The van der Waals surface area contributed by atoms with E-state index < -0.39 is 0 Å². The molecule has 1 aromatic carbocycles. The van der Waals surface area contributed by atoms with E-state index in [9.17, 15) is 9.18 Å². The number of hydrogen-bond acceptors (Lipinski definition) is 6. The summed E-state index contributed by atoms with van der Waals surface area (Å²) >= 11 is 0. The van der Waals surface area contributed by atoms with Crippen LogP contribution in [-0.2, 0) is 11.3 Å². The van der Waals surface area contributed by atoms with E-state index in [1.807, 2.05) is 0 Å². The molecular formula is C16H13FN4O3. The number of benzene rings is 1. The quantitative estimate of drug-likeness (QED) is 0.744. The fourth-order valence-corrected chi connectivity index (χ4v) is 1.85. The Bertz CT molecular complexity index is 806. The van der Waals surface area contributed by atoms with Crippen molar-refractivity contribution in [1.29, 1.82) is 0 Å². The zero-order chi connectivity index (χ0) is 16.8. The Labute approximate surface area is 136 Å². The topological polar surface area (TPSA) is 90.1 Å². The van der Waals surface area contributed by atoms with Gasteiger partial charge in [0.2, 0.25) is 11.7 Å². The molecule has 7 nitrogen and oxygen atoms in total. The summed E-state index contributed by atoms with van der Waals surface area (Å²) in [4.78, 5) is 19.8. The predicted molar refractivity (Wildman–Crippen MR) is 81.3 cm³/mol. The highest BCUT2D eigenvalue weighted by Crippen LogP contribution is 2.14. The molecule has 0 fully saturated rings. The van der Waals surface area contributed by atoms with Crippen molar-refractivity contribution in [2.75, 3.05) is 6.61 Å². The summed E-state index contributed by atoms with van der Waals surface area (Å²) in [6, 6.07) is 8.91. The van der Waals surface area contributed by atoms with Crippen LogP contribution in [0.2, 0.25) is 0 Å². The lowest BCUT2D eigenvalue weighted by Crippen LogP contribution is -2.28. The van der Waals surface area contributed by atoms with Crippen LogP contribution in [0.4, 0.5) is 4.39 Å². The monoisotopic (exact) mass is 328 g/mol. The highest BCUT2D eigenvalue weighted by Gasteiger charge is 2.10. The van der Waals surface area contributed by atoms with E-state index in [2.05, 4.69) is 20.4 Å². The second-order valence-electron chi connectivity index (χ2n) is 4.77. The Morgan fingerprint density at radius 1 is 1.17 bits per heavy atom. The van der Waals surface area contributed by atoms with Gasteiger partial charge in [-0.2, -0.15) is 4.98 Å². The van der Waals surface area contributed by atoms with Gasteiger partial charge in [-0.1, -0.05) is 5.16 Å². The lowest BCUT2D eigenvalue weighted by molar-refractivity contribution is -0.123.